The zero-order valence-corrected chi connectivity index (χ0v) is 18.7. The highest BCUT2D eigenvalue weighted by Crippen LogP contribution is 2.33. The van der Waals surface area contributed by atoms with Crippen LogP contribution >= 0.6 is 0 Å². The monoisotopic (exact) mass is 403 g/mol. The summed E-state index contributed by atoms with van der Waals surface area (Å²) in [7, 11) is -0.0388. The van der Waals surface area contributed by atoms with E-state index in [1.165, 1.54) is 78.0 Å². The van der Waals surface area contributed by atoms with Crippen LogP contribution in [0.4, 0.5) is 0 Å². The summed E-state index contributed by atoms with van der Waals surface area (Å²) in [6.45, 7) is 2.29. The molecule has 0 spiro atoms. The van der Waals surface area contributed by atoms with Gasteiger partial charge in [0.25, 0.3) is 0 Å². The van der Waals surface area contributed by atoms with Crippen molar-refractivity contribution < 1.29 is 0 Å². The highest BCUT2D eigenvalue weighted by Gasteiger charge is 2.30. The molecular weight excluding hydrogens is 368 g/mol. The summed E-state index contributed by atoms with van der Waals surface area (Å²) in [5.74, 6) is 0. The summed E-state index contributed by atoms with van der Waals surface area (Å²) >= 11 is 0. The average Bonchev–Trinajstić information content (AvgIpc) is 2.78. The molecule has 0 aliphatic heterocycles. The second-order valence-corrected chi connectivity index (χ2v) is 9.76. The van der Waals surface area contributed by atoms with E-state index in [1.807, 2.05) is 0 Å². The van der Waals surface area contributed by atoms with E-state index in [2.05, 4.69) is 91.9 Å². The Morgan fingerprint density at radius 3 is 1.59 bits per heavy atom. The average molecular weight is 404 g/mol. The zero-order chi connectivity index (χ0) is 20.2. The molecule has 0 heterocycles. The molecule has 0 radical (unpaired) electrons. The standard InChI is InChI=1S/C28H35S/c1-2-3-4-5-6-7-8-11-18-25-19-16-17-24-28(25)29(26-20-12-9-13-21-26)27-22-14-10-15-23-27/h9-10,12-17,19-24H,2-8,11,18H2,1H3/q+1. The Kier molecular flexibility index (Phi) is 9.39. The van der Waals surface area contributed by atoms with Gasteiger partial charge in [-0.1, -0.05) is 106 Å². The van der Waals surface area contributed by atoms with Crippen LogP contribution in [0.5, 0.6) is 0 Å². The molecule has 0 aliphatic rings. The molecule has 0 saturated carbocycles. The topological polar surface area (TPSA) is 0 Å². The smallest absolute Gasteiger partial charge is 0.0654 e. The molecule has 29 heavy (non-hydrogen) atoms. The lowest BCUT2D eigenvalue weighted by atomic mass is 10.0. The Morgan fingerprint density at radius 1 is 0.517 bits per heavy atom. The lowest BCUT2D eigenvalue weighted by Gasteiger charge is -2.12. The maximum Gasteiger partial charge on any atom is 0.169 e. The van der Waals surface area contributed by atoms with Gasteiger partial charge in [-0.25, -0.2) is 0 Å². The minimum Gasteiger partial charge on any atom is -0.0654 e. The predicted octanol–water partition coefficient (Wildman–Crippen LogP) is 8.47. The summed E-state index contributed by atoms with van der Waals surface area (Å²) in [5.41, 5.74) is 1.52. The minimum absolute atomic E-state index is 0.0388. The minimum atomic E-state index is -0.0388. The fourth-order valence-electron chi connectivity index (χ4n) is 3.86. The molecule has 0 atom stereocenters. The van der Waals surface area contributed by atoms with Crippen molar-refractivity contribution in [1.29, 1.82) is 0 Å². The normalized spacial score (nSPS) is 11.1. The molecule has 0 bridgehead atoms. The number of hydrogen-bond acceptors (Lipinski definition) is 0. The molecule has 0 unspecified atom stereocenters. The second kappa shape index (κ2) is 12.5. The Bertz CT molecular complexity index is 770. The van der Waals surface area contributed by atoms with Crippen molar-refractivity contribution in [1.82, 2.24) is 0 Å². The molecule has 0 N–H and O–H groups in total. The van der Waals surface area contributed by atoms with Gasteiger partial charge in [-0.05, 0) is 43.2 Å². The molecule has 0 nitrogen and oxygen atoms in total. The molecule has 152 valence electrons. The Morgan fingerprint density at radius 2 is 1.00 bits per heavy atom. The van der Waals surface area contributed by atoms with Crippen molar-refractivity contribution >= 4 is 10.9 Å². The Hall–Kier alpha value is -1.99. The lowest BCUT2D eigenvalue weighted by Crippen LogP contribution is -2.08. The molecular formula is C28H35S+. The maximum atomic E-state index is 2.35. The third-order valence-corrected chi connectivity index (χ3v) is 7.78. The van der Waals surface area contributed by atoms with Crippen molar-refractivity contribution in [2.75, 3.05) is 0 Å². The van der Waals surface area contributed by atoms with E-state index < -0.39 is 0 Å². The summed E-state index contributed by atoms with van der Waals surface area (Å²) in [6, 6.07) is 31.1. The Labute approximate surface area is 180 Å². The van der Waals surface area contributed by atoms with Crippen LogP contribution in [-0.2, 0) is 17.3 Å². The van der Waals surface area contributed by atoms with Crippen LogP contribution in [0.3, 0.4) is 0 Å². The molecule has 3 aromatic rings. The largest absolute Gasteiger partial charge is 0.169 e. The number of unbranched alkanes of at least 4 members (excludes halogenated alkanes) is 7. The van der Waals surface area contributed by atoms with E-state index in [1.54, 1.807) is 0 Å². The predicted molar refractivity (Wildman–Crippen MR) is 128 cm³/mol. The molecule has 3 rings (SSSR count). The van der Waals surface area contributed by atoms with Gasteiger partial charge in [-0.2, -0.15) is 0 Å². The number of aryl methyl sites for hydroxylation is 1. The summed E-state index contributed by atoms with van der Waals surface area (Å²) in [4.78, 5) is 4.30. The van der Waals surface area contributed by atoms with Crippen LogP contribution in [0, 0.1) is 0 Å². The van der Waals surface area contributed by atoms with Crippen LogP contribution < -0.4 is 0 Å². The van der Waals surface area contributed by atoms with Crippen molar-refractivity contribution in [2.24, 2.45) is 0 Å². The van der Waals surface area contributed by atoms with Crippen LogP contribution in [0.15, 0.2) is 99.6 Å². The van der Waals surface area contributed by atoms with E-state index in [9.17, 15) is 0 Å². The summed E-state index contributed by atoms with van der Waals surface area (Å²) in [5, 5.41) is 0. The van der Waals surface area contributed by atoms with Crippen LogP contribution in [0.1, 0.15) is 63.9 Å². The second-order valence-electron chi connectivity index (χ2n) is 7.76. The molecule has 3 aromatic carbocycles. The van der Waals surface area contributed by atoms with Gasteiger partial charge in [0.1, 0.15) is 0 Å². The number of hydrogen-bond donors (Lipinski definition) is 0. The maximum absolute atomic E-state index is 2.35. The number of benzene rings is 3. The van der Waals surface area contributed by atoms with Crippen molar-refractivity contribution in [3.8, 4) is 0 Å². The third-order valence-electron chi connectivity index (χ3n) is 5.45. The van der Waals surface area contributed by atoms with E-state index in [4.69, 9.17) is 0 Å². The third kappa shape index (κ3) is 6.78. The first-order chi connectivity index (χ1) is 14.4. The number of rotatable bonds is 12. The zero-order valence-electron chi connectivity index (χ0n) is 17.9. The van der Waals surface area contributed by atoms with Crippen LogP contribution in [-0.4, -0.2) is 0 Å². The highest BCUT2D eigenvalue weighted by atomic mass is 32.2. The molecule has 0 fully saturated rings. The van der Waals surface area contributed by atoms with E-state index >= 15 is 0 Å². The molecule has 0 aromatic heterocycles. The summed E-state index contributed by atoms with van der Waals surface area (Å²) < 4.78 is 0. The van der Waals surface area contributed by atoms with Crippen LogP contribution in [0.25, 0.3) is 0 Å². The van der Waals surface area contributed by atoms with Crippen molar-refractivity contribution in [3.05, 3.63) is 90.5 Å². The van der Waals surface area contributed by atoms with Gasteiger partial charge in [0.15, 0.2) is 14.7 Å². The van der Waals surface area contributed by atoms with Crippen molar-refractivity contribution in [2.45, 2.75) is 79.4 Å². The van der Waals surface area contributed by atoms with E-state index in [0.717, 1.165) is 0 Å². The first kappa shape index (κ1) is 21.7. The van der Waals surface area contributed by atoms with Gasteiger partial charge in [-0.15, -0.1) is 0 Å². The lowest BCUT2D eigenvalue weighted by molar-refractivity contribution is 0.574. The SMILES string of the molecule is CCCCCCCCCCc1ccccc1[S+](c1ccccc1)c1ccccc1. The van der Waals surface area contributed by atoms with E-state index in [0.29, 0.717) is 0 Å². The first-order valence-corrected chi connectivity index (χ1v) is 12.5. The van der Waals surface area contributed by atoms with Gasteiger partial charge in [0, 0.05) is 5.56 Å². The fourth-order valence-corrected chi connectivity index (χ4v) is 6.15. The summed E-state index contributed by atoms with van der Waals surface area (Å²) in [6.07, 6.45) is 12.2. The van der Waals surface area contributed by atoms with Crippen LogP contribution in [0.2, 0.25) is 0 Å². The highest BCUT2D eigenvalue weighted by molar-refractivity contribution is 7.97. The quantitative estimate of drug-likeness (QED) is 0.210. The van der Waals surface area contributed by atoms with Gasteiger partial charge >= 0.3 is 0 Å². The van der Waals surface area contributed by atoms with Gasteiger partial charge in [0.2, 0.25) is 0 Å². The van der Waals surface area contributed by atoms with Crippen molar-refractivity contribution in [3.63, 3.8) is 0 Å². The Balaban J connectivity index is 1.70. The van der Waals surface area contributed by atoms with Gasteiger partial charge in [-0.3, -0.25) is 0 Å². The first-order valence-electron chi connectivity index (χ1n) is 11.3. The van der Waals surface area contributed by atoms with Gasteiger partial charge < -0.3 is 0 Å². The molecule has 0 saturated heterocycles. The molecule has 1 heteroatoms. The van der Waals surface area contributed by atoms with E-state index in [-0.39, 0.29) is 10.9 Å². The molecule has 0 aliphatic carbocycles. The molecule has 0 amide bonds. The fraction of sp³-hybridized carbons (Fsp3) is 0.357. The van der Waals surface area contributed by atoms with Gasteiger partial charge in [0.05, 0.1) is 10.9 Å².